The van der Waals surface area contributed by atoms with Crippen molar-refractivity contribution in [3.05, 3.63) is 24.1 Å². The van der Waals surface area contributed by atoms with Crippen LogP contribution >= 0.6 is 0 Å². The number of nitrogens with zero attached hydrogens (tertiary/aromatic N) is 2. The van der Waals surface area contributed by atoms with Gasteiger partial charge in [0.25, 0.3) is 5.89 Å². The number of aromatic nitrogens is 2. The predicted octanol–water partition coefficient (Wildman–Crippen LogP) is 1.79. The second-order valence-electron chi connectivity index (χ2n) is 4.29. The molecular weight excluding hydrogens is 246 g/mol. The molecule has 0 aliphatic carbocycles. The van der Waals surface area contributed by atoms with E-state index in [-0.39, 0.29) is 6.04 Å². The lowest BCUT2D eigenvalue weighted by atomic mass is 10.2. The van der Waals surface area contributed by atoms with E-state index in [1.807, 2.05) is 32.2 Å². The van der Waals surface area contributed by atoms with Gasteiger partial charge < -0.3 is 19.2 Å². The van der Waals surface area contributed by atoms with Crippen molar-refractivity contribution in [2.24, 2.45) is 0 Å². The SMILES string of the molecule is CNC(C)c1nnc(-c2cccc3c2OCCO3)o1. The molecule has 100 valence electrons. The molecule has 0 radical (unpaired) electrons. The van der Waals surface area contributed by atoms with Crippen LogP contribution < -0.4 is 14.8 Å². The number of benzene rings is 1. The normalized spacial score (nSPS) is 15.3. The van der Waals surface area contributed by atoms with Gasteiger partial charge in [0.2, 0.25) is 5.89 Å². The lowest BCUT2D eigenvalue weighted by Crippen LogP contribution is -2.15. The maximum Gasteiger partial charge on any atom is 0.251 e. The fourth-order valence-corrected chi connectivity index (χ4v) is 1.88. The highest BCUT2D eigenvalue weighted by Crippen LogP contribution is 2.39. The number of rotatable bonds is 3. The van der Waals surface area contributed by atoms with Crippen molar-refractivity contribution < 1.29 is 13.9 Å². The predicted molar refractivity (Wildman–Crippen MR) is 68.2 cm³/mol. The van der Waals surface area contributed by atoms with Gasteiger partial charge in [-0.2, -0.15) is 0 Å². The van der Waals surface area contributed by atoms with Crippen LogP contribution in [0.15, 0.2) is 22.6 Å². The van der Waals surface area contributed by atoms with Crippen LogP contribution in [0.5, 0.6) is 11.5 Å². The summed E-state index contributed by atoms with van der Waals surface area (Å²) in [6, 6.07) is 5.65. The van der Waals surface area contributed by atoms with Crippen LogP contribution in [0, 0.1) is 0 Å². The molecule has 0 amide bonds. The molecular formula is C13H15N3O3. The monoisotopic (exact) mass is 261 g/mol. The average molecular weight is 261 g/mol. The molecule has 2 heterocycles. The van der Waals surface area contributed by atoms with Crippen LogP contribution in [-0.2, 0) is 0 Å². The van der Waals surface area contributed by atoms with Gasteiger partial charge in [-0.05, 0) is 26.1 Å². The number of para-hydroxylation sites is 1. The largest absolute Gasteiger partial charge is 0.486 e. The van der Waals surface area contributed by atoms with Gasteiger partial charge in [0, 0.05) is 0 Å². The summed E-state index contributed by atoms with van der Waals surface area (Å²) < 4.78 is 16.8. The zero-order chi connectivity index (χ0) is 13.2. The highest BCUT2D eigenvalue weighted by Gasteiger charge is 2.21. The number of ether oxygens (including phenoxy) is 2. The van der Waals surface area contributed by atoms with Crippen molar-refractivity contribution in [3.8, 4) is 23.0 Å². The van der Waals surface area contributed by atoms with E-state index in [0.717, 1.165) is 5.56 Å². The standard InChI is InChI=1S/C13H15N3O3/c1-8(14-2)12-15-16-13(19-12)9-4-3-5-10-11(9)18-7-6-17-10/h3-5,8,14H,6-7H2,1-2H3. The smallest absolute Gasteiger partial charge is 0.251 e. The lowest BCUT2D eigenvalue weighted by Gasteiger charge is -2.19. The molecule has 1 unspecified atom stereocenters. The van der Waals surface area contributed by atoms with Crippen LogP contribution in [0.4, 0.5) is 0 Å². The molecule has 19 heavy (non-hydrogen) atoms. The summed E-state index contributed by atoms with van der Waals surface area (Å²) in [5.74, 6) is 2.37. The van der Waals surface area contributed by atoms with Gasteiger partial charge in [0.05, 0.1) is 11.6 Å². The van der Waals surface area contributed by atoms with Crippen molar-refractivity contribution in [3.63, 3.8) is 0 Å². The molecule has 6 heteroatoms. The van der Waals surface area contributed by atoms with E-state index in [1.54, 1.807) is 0 Å². The van der Waals surface area contributed by atoms with Crippen LogP contribution in [0.1, 0.15) is 18.9 Å². The Kier molecular flexibility index (Phi) is 3.08. The van der Waals surface area contributed by atoms with Gasteiger partial charge in [-0.25, -0.2) is 0 Å². The summed E-state index contributed by atoms with van der Waals surface area (Å²) >= 11 is 0. The maximum absolute atomic E-state index is 5.67. The Balaban J connectivity index is 2.00. The Morgan fingerprint density at radius 2 is 2.05 bits per heavy atom. The van der Waals surface area contributed by atoms with Gasteiger partial charge in [0.15, 0.2) is 11.5 Å². The summed E-state index contributed by atoms with van der Waals surface area (Å²) in [6.45, 7) is 3.04. The van der Waals surface area contributed by atoms with Crippen LogP contribution in [0.25, 0.3) is 11.5 Å². The van der Waals surface area contributed by atoms with Gasteiger partial charge in [0.1, 0.15) is 13.2 Å². The van der Waals surface area contributed by atoms with Crippen LogP contribution in [-0.4, -0.2) is 30.5 Å². The third kappa shape index (κ3) is 2.15. The third-order valence-corrected chi connectivity index (χ3v) is 3.04. The van der Waals surface area contributed by atoms with Gasteiger partial charge >= 0.3 is 0 Å². The second kappa shape index (κ2) is 4.89. The van der Waals surface area contributed by atoms with E-state index in [0.29, 0.717) is 36.5 Å². The minimum Gasteiger partial charge on any atom is -0.486 e. The minimum atomic E-state index is 0.0120. The van der Waals surface area contributed by atoms with E-state index >= 15 is 0 Å². The van der Waals surface area contributed by atoms with Gasteiger partial charge in [-0.1, -0.05) is 6.07 Å². The summed E-state index contributed by atoms with van der Waals surface area (Å²) in [7, 11) is 1.84. The highest BCUT2D eigenvalue weighted by molar-refractivity contribution is 5.67. The fraction of sp³-hybridized carbons (Fsp3) is 0.385. The Morgan fingerprint density at radius 1 is 1.21 bits per heavy atom. The molecule has 0 spiro atoms. The summed E-state index contributed by atoms with van der Waals surface area (Å²) in [5, 5.41) is 11.2. The fourth-order valence-electron chi connectivity index (χ4n) is 1.88. The molecule has 1 aromatic carbocycles. The number of hydrogen-bond acceptors (Lipinski definition) is 6. The van der Waals surface area contributed by atoms with Gasteiger partial charge in [-0.3, -0.25) is 0 Å². The zero-order valence-electron chi connectivity index (χ0n) is 10.8. The van der Waals surface area contributed by atoms with Crippen LogP contribution in [0.2, 0.25) is 0 Å². The topological polar surface area (TPSA) is 69.4 Å². The van der Waals surface area contributed by atoms with E-state index in [2.05, 4.69) is 15.5 Å². The number of hydrogen-bond donors (Lipinski definition) is 1. The Hall–Kier alpha value is -2.08. The third-order valence-electron chi connectivity index (χ3n) is 3.04. The van der Waals surface area contributed by atoms with E-state index < -0.39 is 0 Å². The quantitative estimate of drug-likeness (QED) is 0.908. The molecule has 3 rings (SSSR count). The molecule has 1 atom stereocenters. The summed E-state index contributed by atoms with van der Waals surface area (Å²) in [6.07, 6.45) is 0. The molecule has 0 saturated heterocycles. The first-order valence-electron chi connectivity index (χ1n) is 6.19. The lowest BCUT2D eigenvalue weighted by molar-refractivity contribution is 0.172. The zero-order valence-corrected chi connectivity index (χ0v) is 10.8. The van der Waals surface area contributed by atoms with Crippen molar-refractivity contribution in [2.75, 3.05) is 20.3 Å². The molecule has 2 aromatic rings. The average Bonchev–Trinajstić information content (AvgIpc) is 2.95. The Bertz CT molecular complexity index is 582. The van der Waals surface area contributed by atoms with Crippen molar-refractivity contribution in [1.82, 2.24) is 15.5 Å². The van der Waals surface area contributed by atoms with Crippen molar-refractivity contribution >= 4 is 0 Å². The first-order valence-corrected chi connectivity index (χ1v) is 6.19. The number of nitrogens with one attached hydrogen (secondary N) is 1. The van der Waals surface area contributed by atoms with E-state index in [1.165, 1.54) is 0 Å². The number of fused-ring (bicyclic) bond motifs is 1. The Morgan fingerprint density at radius 3 is 2.89 bits per heavy atom. The molecule has 1 aromatic heterocycles. The highest BCUT2D eigenvalue weighted by atomic mass is 16.6. The molecule has 6 nitrogen and oxygen atoms in total. The molecule has 1 aliphatic heterocycles. The molecule has 0 fully saturated rings. The molecule has 0 saturated carbocycles. The van der Waals surface area contributed by atoms with Crippen LogP contribution in [0.3, 0.4) is 0 Å². The van der Waals surface area contributed by atoms with E-state index in [4.69, 9.17) is 13.9 Å². The molecule has 0 bridgehead atoms. The first-order chi connectivity index (χ1) is 9.29. The minimum absolute atomic E-state index is 0.0120. The summed E-state index contributed by atoms with van der Waals surface area (Å²) in [5.41, 5.74) is 0.763. The first kappa shape index (κ1) is 12.0. The second-order valence-corrected chi connectivity index (χ2v) is 4.29. The van der Waals surface area contributed by atoms with Crippen molar-refractivity contribution in [2.45, 2.75) is 13.0 Å². The Labute approximate surface area is 110 Å². The summed E-state index contributed by atoms with van der Waals surface area (Å²) in [4.78, 5) is 0. The molecule has 1 N–H and O–H groups in total. The maximum atomic E-state index is 5.67. The van der Waals surface area contributed by atoms with Gasteiger partial charge in [-0.15, -0.1) is 10.2 Å². The van der Waals surface area contributed by atoms with Crippen molar-refractivity contribution in [1.29, 1.82) is 0 Å². The van der Waals surface area contributed by atoms with E-state index in [9.17, 15) is 0 Å². The molecule has 1 aliphatic rings.